The Morgan fingerprint density at radius 1 is 0.903 bits per heavy atom. The number of urea groups is 1. The van der Waals surface area contributed by atoms with Crippen molar-refractivity contribution in [3.05, 3.63) is 90.0 Å². The number of carbonyl (C=O) groups excluding carboxylic acids is 3. The van der Waals surface area contributed by atoms with Gasteiger partial charge in [-0.1, -0.05) is 42.5 Å². The molecule has 0 unspecified atom stereocenters. The van der Waals surface area contributed by atoms with Crippen LogP contribution in [0.3, 0.4) is 0 Å². The van der Waals surface area contributed by atoms with Crippen molar-refractivity contribution in [1.29, 1.82) is 0 Å². The van der Waals surface area contributed by atoms with Crippen molar-refractivity contribution >= 4 is 23.4 Å². The minimum absolute atomic E-state index is 0.0535. The number of amides is 3. The normalized spacial score (nSPS) is 11.3. The number of para-hydroxylation sites is 1. The fraction of sp³-hybridized carbons (Fsp3) is 0.125. The van der Waals surface area contributed by atoms with Crippen LogP contribution >= 0.6 is 0 Å². The van der Waals surface area contributed by atoms with Crippen molar-refractivity contribution in [3.8, 4) is 11.5 Å². The summed E-state index contributed by atoms with van der Waals surface area (Å²) in [6, 6.07) is 21.6. The molecule has 3 rings (SSSR count). The summed E-state index contributed by atoms with van der Waals surface area (Å²) < 4.78 is 5.83. The lowest BCUT2D eigenvalue weighted by atomic mass is 10.0. The summed E-state index contributed by atoms with van der Waals surface area (Å²) in [7, 11) is 0. The van der Waals surface area contributed by atoms with Crippen molar-refractivity contribution in [3.63, 3.8) is 0 Å². The minimum atomic E-state index is -0.745. The molecule has 0 saturated carbocycles. The SMILES string of the molecule is CC(=O)c1cccc(NC(=O)C[C@H](NC(N)=O)c2cccc(Oc3ccccc3)c2)c1. The maximum Gasteiger partial charge on any atom is 0.312 e. The maximum atomic E-state index is 12.6. The number of rotatable bonds is 8. The molecule has 3 aromatic carbocycles. The monoisotopic (exact) mass is 417 g/mol. The predicted octanol–water partition coefficient (Wildman–Crippen LogP) is 4.42. The lowest BCUT2D eigenvalue weighted by Crippen LogP contribution is -2.35. The molecule has 0 aliphatic heterocycles. The van der Waals surface area contributed by atoms with Crippen molar-refractivity contribution in [1.82, 2.24) is 5.32 Å². The highest BCUT2D eigenvalue weighted by Crippen LogP contribution is 2.26. The molecular formula is C24H23N3O4. The number of Topliss-reactive ketones (excluding diaryl/α,β-unsaturated/α-hetero) is 1. The van der Waals surface area contributed by atoms with E-state index in [1.54, 1.807) is 48.5 Å². The second kappa shape index (κ2) is 10.1. The number of anilines is 1. The summed E-state index contributed by atoms with van der Waals surface area (Å²) in [6.45, 7) is 1.46. The quantitative estimate of drug-likeness (QED) is 0.471. The van der Waals surface area contributed by atoms with E-state index in [0.29, 0.717) is 28.3 Å². The number of ketones is 1. The zero-order valence-corrected chi connectivity index (χ0v) is 17.0. The second-order valence-corrected chi connectivity index (χ2v) is 6.94. The highest BCUT2D eigenvalue weighted by Gasteiger charge is 2.18. The number of hydrogen-bond donors (Lipinski definition) is 3. The van der Waals surface area contributed by atoms with E-state index in [0.717, 1.165) is 0 Å². The van der Waals surface area contributed by atoms with E-state index in [-0.39, 0.29) is 18.1 Å². The van der Waals surface area contributed by atoms with E-state index in [4.69, 9.17) is 10.5 Å². The van der Waals surface area contributed by atoms with Gasteiger partial charge < -0.3 is 21.1 Å². The van der Waals surface area contributed by atoms with Crippen LogP contribution in [-0.2, 0) is 4.79 Å². The minimum Gasteiger partial charge on any atom is -0.457 e. The first-order valence-electron chi connectivity index (χ1n) is 9.70. The number of primary amides is 1. The molecular weight excluding hydrogens is 394 g/mol. The third-order valence-corrected chi connectivity index (χ3v) is 4.50. The first kappa shape index (κ1) is 21.6. The summed E-state index contributed by atoms with van der Waals surface area (Å²) >= 11 is 0. The molecule has 0 radical (unpaired) electrons. The third-order valence-electron chi connectivity index (χ3n) is 4.50. The molecule has 1 atom stereocenters. The number of benzene rings is 3. The van der Waals surface area contributed by atoms with E-state index in [9.17, 15) is 14.4 Å². The van der Waals surface area contributed by atoms with Crippen molar-refractivity contribution in [2.45, 2.75) is 19.4 Å². The summed E-state index contributed by atoms with van der Waals surface area (Å²) in [5.41, 5.74) is 6.98. The first-order chi connectivity index (χ1) is 14.9. The third kappa shape index (κ3) is 6.43. The molecule has 0 aliphatic rings. The molecule has 0 heterocycles. The van der Waals surface area contributed by atoms with E-state index in [1.165, 1.54) is 6.92 Å². The van der Waals surface area contributed by atoms with E-state index >= 15 is 0 Å². The number of ether oxygens (including phenoxy) is 1. The number of nitrogens with one attached hydrogen (secondary N) is 2. The smallest absolute Gasteiger partial charge is 0.312 e. The van der Waals surface area contributed by atoms with Crippen LogP contribution in [0.5, 0.6) is 11.5 Å². The molecule has 7 nitrogen and oxygen atoms in total. The van der Waals surface area contributed by atoms with Crippen LogP contribution in [-0.4, -0.2) is 17.7 Å². The number of nitrogens with two attached hydrogens (primary N) is 1. The van der Waals surface area contributed by atoms with Gasteiger partial charge in [-0.15, -0.1) is 0 Å². The second-order valence-electron chi connectivity index (χ2n) is 6.94. The van der Waals surface area contributed by atoms with Gasteiger partial charge in [-0.05, 0) is 48.9 Å². The first-order valence-corrected chi connectivity index (χ1v) is 9.70. The van der Waals surface area contributed by atoms with Crippen LogP contribution in [0.2, 0.25) is 0 Å². The van der Waals surface area contributed by atoms with Gasteiger partial charge in [0.25, 0.3) is 0 Å². The van der Waals surface area contributed by atoms with Crippen molar-refractivity contribution in [2.75, 3.05) is 5.32 Å². The molecule has 158 valence electrons. The average Bonchev–Trinajstić information content (AvgIpc) is 2.74. The van der Waals surface area contributed by atoms with Gasteiger partial charge in [-0.3, -0.25) is 9.59 Å². The highest BCUT2D eigenvalue weighted by atomic mass is 16.5. The molecule has 0 bridgehead atoms. The van der Waals surface area contributed by atoms with Crippen LogP contribution in [0, 0.1) is 0 Å². The highest BCUT2D eigenvalue weighted by molar-refractivity contribution is 5.97. The summed E-state index contributed by atoms with van der Waals surface area (Å²) in [4.78, 5) is 35.7. The Balaban J connectivity index is 1.75. The van der Waals surface area contributed by atoms with Gasteiger partial charge in [-0.2, -0.15) is 0 Å². The van der Waals surface area contributed by atoms with Gasteiger partial charge in [0.1, 0.15) is 11.5 Å². The Bertz CT molecular complexity index is 1080. The van der Waals surface area contributed by atoms with Crippen LogP contribution in [0.4, 0.5) is 10.5 Å². The molecule has 31 heavy (non-hydrogen) atoms. The lowest BCUT2D eigenvalue weighted by molar-refractivity contribution is -0.116. The fourth-order valence-corrected chi connectivity index (χ4v) is 3.06. The summed E-state index contributed by atoms with van der Waals surface area (Å²) in [5, 5.41) is 5.35. The molecule has 4 N–H and O–H groups in total. The van der Waals surface area contributed by atoms with Gasteiger partial charge in [0.05, 0.1) is 12.5 Å². The van der Waals surface area contributed by atoms with Crippen molar-refractivity contribution < 1.29 is 19.1 Å². The lowest BCUT2D eigenvalue weighted by Gasteiger charge is -2.19. The van der Waals surface area contributed by atoms with Crippen LogP contribution in [0.1, 0.15) is 35.3 Å². The van der Waals surface area contributed by atoms with E-state index < -0.39 is 12.1 Å². The van der Waals surface area contributed by atoms with Gasteiger partial charge in [0, 0.05) is 11.3 Å². The predicted molar refractivity (Wildman–Crippen MR) is 118 cm³/mol. The fourth-order valence-electron chi connectivity index (χ4n) is 3.06. The molecule has 7 heteroatoms. The average molecular weight is 417 g/mol. The zero-order chi connectivity index (χ0) is 22.2. The van der Waals surface area contributed by atoms with Crippen LogP contribution in [0.25, 0.3) is 0 Å². The topological polar surface area (TPSA) is 111 Å². The van der Waals surface area contributed by atoms with Gasteiger partial charge in [0.15, 0.2) is 5.78 Å². The van der Waals surface area contributed by atoms with Crippen LogP contribution in [0.15, 0.2) is 78.9 Å². The Morgan fingerprint density at radius 3 is 2.32 bits per heavy atom. The molecule has 0 spiro atoms. The van der Waals surface area contributed by atoms with E-state index in [2.05, 4.69) is 10.6 Å². The molecule has 3 amide bonds. The van der Waals surface area contributed by atoms with Gasteiger partial charge in [0.2, 0.25) is 5.91 Å². The van der Waals surface area contributed by atoms with Crippen molar-refractivity contribution in [2.24, 2.45) is 5.73 Å². The molecule has 0 aromatic heterocycles. The Hall–Kier alpha value is -4.13. The molecule has 3 aromatic rings. The van der Waals surface area contributed by atoms with Gasteiger partial charge in [-0.25, -0.2) is 4.79 Å². The molecule has 0 fully saturated rings. The Kier molecular flexibility index (Phi) is 7.01. The van der Waals surface area contributed by atoms with E-state index in [1.807, 2.05) is 30.3 Å². The number of carbonyl (C=O) groups is 3. The summed E-state index contributed by atoms with van der Waals surface area (Å²) in [6.07, 6.45) is -0.0535. The molecule has 0 aliphatic carbocycles. The largest absolute Gasteiger partial charge is 0.457 e. The van der Waals surface area contributed by atoms with Crippen LogP contribution < -0.4 is 21.1 Å². The van der Waals surface area contributed by atoms with Gasteiger partial charge >= 0.3 is 6.03 Å². The zero-order valence-electron chi connectivity index (χ0n) is 17.0. The summed E-state index contributed by atoms with van der Waals surface area (Å²) in [5.74, 6) is 0.796. The maximum absolute atomic E-state index is 12.6. The number of hydrogen-bond acceptors (Lipinski definition) is 4. The standard InChI is InChI=1S/C24H23N3O4/c1-16(28)17-7-5-9-19(13-17)26-23(29)15-22(27-24(25)30)18-8-6-12-21(14-18)31-20-10-3-2-4-11-20/h2-14,22H,15H2,1H3,(H,26,29)(H3,25,27,30)/t22-/m0/s1. The Labute approximate surface area is 180 Å². The Morgan fingerprint density at radius 2 is 1.61 bits per heavy atom. The molecule has 0 saturated heterocycles.